The van der Waals surface area contributed by atoms with Gasteiger partial charge in [0.05, 0.1) is 29.8 Å². The zero-order valence-electron chi connectivity index (χ0n) is 17.6. The maximum absolute atomic E-state index is 13.1. The first kappa shape index (κ1) is 20.7. The van der Waals surface area contributed by atoms with Crippen molar-refractivity contribution in [3.8, 4) is 0 Å². The summed E-state index contributed by atoms with van der Waals surface area (Å²) in [4.78, 5) is 34.6. The van der Waals surface area contributed by atoms with E-state index in [0.717, 1.165) is 42.4 Å². The van der Waals surface area contributed by atoms with E-state index in [4.69, 9.17) is 9.73 Å². The Morgan fingerprint density at radius 2 is 1.90 bits per heavy atom. The molecule has 4 rings (SSSR count). The maximum atomic E-state index is 13.1. The normalized spacial score (nSPS) is 21.0. The van der Waals surface area contributed by atoms with Crippen molar-refractivity contribution in [2.75, 3.05) is 13.1 Å². The Labute approximate surface area is 181 Å². The lowest BCUT2D eigenvalue weighted by Gasteiger charge is -2.36. The average Bonchev–Trinajstić information content (AvgIpc) is 3.37. The largest absolute Gasteiger partial charge is 0.459 e. The number of allylic oxidation sites excluding steroid dienone is 1. The van der Waals surface area contributed by atoms with Crippen molar-refractivity contribution >= 4 is 28.8 Å². The van der Waals surface area contributed by atoms with Gasteiger partial charge in [-0.3, -0.25) is 4.79 Å². The first-order chi connectivity index (χ1) is 14.5. The monoisotopic (exact) mass is 425 g/mol. The number of hydrogen-bond donors (Lipinski definition) is 0. The molecule has 0 radical (unpaired) electrons. The number of carbonyl (C=O) groups is 2. The highest BCUT2D eigenvalue weighted by atomic mass is 32.2. The van der Waals surface area contributed by atoms with Gasteiger partial charge in [0, 0.05) is 18.8 Å². The van der Waals surface area contributed by atoms with Crippen LogP contribution in [0.1, 0.15) is 51.6 Å². The highest BCUT2D eigenvalue weighted by Gasteiger charge is 2.41. The number of amides is 1. The van der Waals surface area contributed by atoms with E-state index in [1.807, 2.05) is 66.3 Å². The Bertz CT molecular complexity index is 930. The van der Waals surface area contributed by atoms with Crippen LogP contribution in [-0.4, -0.2) is 46.0 Å². The molecule has 3 aliphatic heterocycles. The van der Waals surface area contributed by atoms with Crippen LogP contribution in [0.2, 0.25) is 0 Å². The molecule has 0 aromatic heterocycles. The molecule has 1 aromatic rings. The van der Waals surface area contributed by atoms with Crippen molar-refractivity contribution in [1.29, 1.82) is 0 Å². The zero-order chi connectivity index (χ0) is 21.3. The molecule has 1 atom stereocenters. The van der Waals surface area contributed by atoms with E-state index in [9.17, 15) is 9.59 Å². The molecule has 1 fully saturated rings. The van der Waals surface area contributed by atoms with Gasteiger partial charge in [0.2, 0.25) is 5.91 Å². The molecule has 7 heteroatoms. The van der Waals surface area contributed by atoms with Gasteiger partial charge in [-0.25, -0.2) is 9.79 Å². The predicted octanol–water partition coefficient (Wildman–Crippen LogP) is 4.23. The van der Waals surface area contributed by atoms with Crippen LogP contribution >= 0.6 is 11.8 Å². The molecule has 1 amide bonds. The third kappa shape index (κ3) is 4.03. The average molecular weight is 426 g/mol. The molecule has 1 aromatic carbocycles. The zero-order valence-corrected chi connectivity index (χ0v) is 18.4. The molecule has 3 heterocycles. The number of rotatable bonds is 5. The lowest BCUT2D eigenvalue weighted by molar-refractivity contribution is -0.143. The van der Waals surface area contributed by atoms with Gasteiger partial charge in [-0.2, -0.15) is 0 Å². The molecule has 158 valence electrons. The van der Waals surface area contributed by atoms with Gasteiger partial charge in [0.15, 0.2) is 5.17 Å². The van der Waals surface area contributed by atoms with E-state index >= 15 is 0 Å². The molecular weight excluding hydrogens is 398 g/mol. The van der Waals surface area contributed by atoms with Crippen LogP contribution in [0.5, 0.6) is 0 Å². The van der Waals surface area contributed by atoms with Gasteiger partial charge in [0.25, 0.3) is 0 Å². The smallest absolute Gasteiger partial charge is 0.338 e. The van der Waals surface area contributed by atoms with Crippen LogP contribution in [0.15, 0.2) is 57.7 Å². The third-order valence-corrected chi connectivity index (χ3v) is 6.36. The summed E-state index contributed by atoms with van der Waals surface area (Å²) in [5.41, 5.74) is 3.04. The van der Waals surface area contributed by atoms with Gasteiger partial charge in [-0.05, 0) is 44.6 Å². The van der Waals surface area contributed by atoms with E-state index < -0.39 is 0 Å². The Morgan fingerprint density at radius 1 is 1.20 bits per heavy atom. The summed E-state index contributed by atoms with van der Waals surface area (Å²) in [6.45, 7) is 7.19. The number of benzene rings is 1. The molecule has 30 heavy (non-hydrogen) atoms. The second-order valence-electron chi connectivity index (χ2n) is 8.02. The molecule has 1 unspecified atom stereocenters. The summed E-state index contributed by atoms with van der Waals surface area (Å²) in [6, 6.07) is 9.53. The van der Waals surface area contributed by atoms with Crippen molar-refractivity contribution in [2.45, 2.75) is 52.2 Å². The quantitative estimate of drug-likeness (QED) is 0.661. The molecule has 0 bridgehead atoms. The van der Waals surface area contributed by atoms with Crippen molar-refractivity contribution < 1.29 is 14.3 Å². The fourth-order valence-corrected chi connectivity index (χ4v) is 5.06. The molecule has 3 aliphatic rings. The van der Waals surface area contributed by atoms with E-state index in [1.165, 1.54) is 11.8 Å². The van der Waals surface area contributed by atoms with Crippen LogP contribution < -0.4 is 0 Å². The summed E-state index contributed by atoms with van der Waals surface area (Å²) >= 11 is 1.51. The maximum Gasteiger partial charge on any atom is 0.338 e. The Balaban J connectivity index is 1.70. The van der Waals surface area contributed by atoms with Crippen LogP contribution in [0.25, 0.3) is 0 Å². The molecule has 0 spiro atoms. The number of likely N-dealkylation sites (tertiary alicyclic amines) is 1. The SMILES string of the molecule is CC1=C(C(=O)OC(C)C)C(c2ccccc2)N2C(CC(=O)N3CCCC3)=CSC2=N1. The Morgan fingerprint density at radius 3 is 2.57 bits per heavy atom. The van der Waals surface area contributed by atoms with Gasteiger partial charge in [-0.15, -0.1) is 0 Å². The topological polar surface area (TPSA) is 62.2 Å². The first-order valence-electron chi connectivity index (χ1n) is 10.4. The Hall–Kier alpha value is -2.54. The summed E-state index contributed by atoms with van der Waals surface area (Å²) < 4.78 is 5.56. The lowest BCUT2D eigenvalue weighted by Crippen LogP contribution is -2.38. The number of carbonyl (C=O) groups excluding carboxylic acids is 2. The summed E-state index contributed by atoms with van der Waals surface area (Å²) in [6.07, 6.45) is 2.21. The standard InChI is InChI=1S/C23H27N3O3S/c1-15(2)29-22(28)20-16(3)24-23-26(21(20)17-9-5-4-6-10-17)18(14-30-23)13-19(27)25-11-7-8-12-25/h4-6,9-10,14-15,21H,7-8,11-13H2,1-3H3. The van der Waals surface area contributed by atoms with Crippen molar-refractivity contribution in [3.05, 3.63) is 58.3 Å². The highest BCUT2D eigenvalue weighted by molar-refractivity contribution is 8.16. The van der Waals surface area contributed by atoms with Gasteiger partial charge in [0.1, 0.15) is 0 Å². The summed E-state index contributed by atoms with van der Waals surface area (Å²) in [5.74, 6) is -0.230. The lowest BCUT2D eigenvalue weighted by atomic mass is 9.94. The number of amidine groups is 1. The molecule has 6 nitrogen and oxygen atoms in total. The number of esters is 1. The van der Waals surface area contributed by atoms with Gasteiger partial charge in [-0.1, -0.05) is 42.1 Å². The van der Waals surface area contributed by atoms with Gasteiger partial charge >= 0.3 is 5.97 Å². The van der Waals surface area contributed by atoms with Crippen LogP contribution in [0.3, 0.4) is 0 Å². The van der Waals surface area contributed by atoms with E-state index in [1.54, 1.807) is 0 Å². The Kier molecular flexibility index (Phi) is 5.99. The molecule has 0 N–H and O–H groups in total. The van der Waals surface area contributed by atoms with E-state index in [-0.39, 0.29) is 24.0 Å². The minimum absolute atomic E-state index is 0.130. The minimum atomic E-state index is -0.363. The third-order valence-electron chi connectivity index (χ3n) is 5.47. The molecule has 0 aliphatic carbocycles. The van der Waals surface area contributed by atoms with Crippen LogP contribution in [-0.2, 0) is 14.3 Å². The fourth-order valence-electron chi connectivity index (χ4n) is 4.09. The van der Waals surface area contributed by atoms with Gasteiger partial charge < -0.3 is 14.5 Å². The number of ether oxygens (including phenoxy) is 1. The number of aliphatic imine (C=N–C) groups is 1. The van der Waals surface area contributed by atoms with Crippen LogP contribution in [0.4, 0.5) is 0 Å². The number of hydrogen-bond acceptors (Lipinski definition) is 6. The van der Waals surface area contributed by atoms with Crippen molar-refractivity contribution in [1.82, 2.24) is 9.80 Å². The fraction of sp³-hybridized carbons (Fsp3) is 0.435. The second kappa shape index (κ2) is 8.68. The van der Waals surface area contributed by atoms with Crippen molar-refractivity contribution in [2.24, 2.45) is 4.99 Å². The van der Waals surface area contributed by atoms with E-state index in [0.29, 0.717) is 17.7 Å². The molecular formula is C23H27N3O3S. The number of thioether (sulfide) groups is 1. The van der Waals surface area contributed by atoms with Crippen LogP contribution in [0, 0.1) is 0 Å². The molecule has 0 saturated carbocycles. The summed E-state index contributed by atoms with van der Waals surface area (Å²) in [7, 11) is 0. The van der Waals surface area contributed by atoms with E-state index in [2.05, 4.69) is 0 Å². The highest BCUT2D eigenvalue weighted by Crippen LogP contribution is 2.45. The minimum Gasteiger partial charge on any atom is -0.459 e. The molecule has 1 saturated heterocycles. The van der Waals surface area contributed by atoms with Crippen molar-refractivity contribution in [3.63, 3.8) is 0 Å². The summed E-state index contributed by atoms with van der Waals surface area (Å²) in [5, 5.41) is 2.79. The second-order valence-corrected chi connectivity index (χ2v) is 8.86. The first-order valence-corrected chi connectivity index (χ1v) is 11.3. The number of fused-ring (bicyclic) bond motifs is 1. The number of nitrogens with zero attached hydrogens (tertiary/aromatic N) is 3. The predicted molar refractivity (Wildman–Crippen MR) is 118 cm³/mol.